The molecule has 7 heteroatoms. The molecule has 2 aliphatic rings. The van der Waals surface area contributed by atoms with Crippen LogP contribution >= 0.6 is 0 Å². The first-order valence-electron chi connectivity index (χ1n) is 10.9. The second kappa shape index (κ2) is 10.4. The average molecular weight is 426 g/mol. The molecule has 1 aliphatic heterocycles. The molecule has 0 spiro atoms. The number of anilines is 1. The molecule has 0 bridgehead atoms. The highest BCUT2D eigenvalue weighted by atomic mass is 16.5. The highest BCUT2D eigenvalue weighted by molar-refractivity contribution is 6.19. The maximum absolute atomic E-state index is 12.9. The minimum atomic E-state index is -0.148. The van der Waals surface area contributed by atoms with Crippen LogP contribution in [-0.4, -0.2) is 48.2 Å². The van der Waals surface area contributed by atoms with Gasteiger partial charge in [0.1, 0.15) is 5.75 Å². The Morgan fingerprint density at radius 2 is 1.97 bits per heavy atom. The van der Waals surface area contributed by atoms with E-state index in [1.807, 2.05) is 24.0 Å². The largest absolute Gasteiger partial charge is 0.494 e. The lowest BCUT2D eigenvalue weighted by molar-refractivity contribution is -0.116. The van der Waals surface area contributed by atoms with Gasteiger partial charge in [-0.1, -0.05) is 13.8 Å². The zero-order chi connectivity index (χ0) is 22.4. The topological polar surface area (TPSA) is 87.7 Å². The molecule has 1 aliphatic carbocycles. The molecule has 166 valence electrons. The van der Waals surface area contributed by atoms with Crippen LogP contribution in [0.2, 0.25) is 0 Å². The number of hydrogen-bond donors (Lipinski definition) is 2. The number of Topliss-reactive ketones (excluding diaryl/α,β-unsaturated/α-hetero) is 1. The molecule has 0 saturated carbocycles. The zero-order valence-electron chi connectivity index (χ0n) is 18.4. The second-order valence-electron chi connectivity index (χ2n) is 8.35. The predicted molar refractivity (Wildman–Crippen MR) is 120 cm³/mol. The maximum atomic E-state index is 12.9. The molecule has 7 nitrogen and oxygen atoms in total. The molecule has 0 aromatic heterocycles. The number of carbonyl (C=O) groups is 3. The number of ether oxygens (including phenoxy) is 1. The van der Waals surface area contributed by atoms with Gasteiger partial charge < -0.3 is 15.0 Å². The molecule has 1 heterocycles. The molecule has 2 N–H and O–H groups in total. The van der Waals surface area contributed by atoms with Crippen LogP contribution in [0.5, 0.6) is 5.75 Å². The van der Waals surface area contributed by atoms with E-state index >= 15 is 0 Å². The Balaban J connectivity index is 1.53. The van der Waals surface area contributed by atoms with E-state index in [1.165, 1.54) is 12.2 Å². The smallest absolute Gasteiger partial charge is 0.226 e. The van der Waals surface area contributed by atoms with E-state index in [0.717, 1.165) is 12.2 Å². The summed E-state index contributed by atoms with van der Waals surface area (Å²) in [5, 5.41) is 6.15. The minimum Gasteiger partial charge on any atom is -0.494 e. The van der Waals surface area contributed by atoms with Crippen molar-refractivity contribution in [3.63, 3.8) is 0 Å². The van der Waals surface area contributed by atoms with E-state index in [1.54, 1.807) is 12.1 Å². The molecule has 1 aromatic rings. The first kappa shape index (κ1) is 22.7. The van der Waals surface area contributed by atoms with Gasteiger partial charge in [0.25, 0.3) is 0 Å². The van der Waals surface area contributed by atoms with Crippen molar-refractivity contribution >= 4 is 23.2 Å². The summed E-state index contributed by atoms with van der Waals surface area (Å²) in [5.74, 6) is 0.882. The third-order valence-corrected chi connectivity index (χ3v) is 5.34. The normalized spacial score (nSPS) is 18.8. The van der Waals surface area contributed by atoms with Crippen LogP contribution in [0.15, 0.2) is 47.7 Å². The van der Waals surface area contributed by atoms with Gasteiger partial charge in [-0.05, 0) is 56.0 Å². The summed E-state index contributed by atoms with van der Waals surface area (Å²) in [5.41, 5.74) is 1.71. The number of rotatable bonds is 9. The fourth-order valence-electron chi connectivity index (χ4n) is 3.70. The monoisotopic (exact) mass is 425 g/mol. The number of hydrogen-bond acceptors (Lipinski definition) is 6. The lowest BCUT2D eigenvalue weighted by Gasteiger charge is -2.23. The van der Waals surface area contributed by atoms with Crippen LogP contribution in [0.4, 0.5) is 5.69 Å². The fourth-order valence-corrected chi connectivity index (χ4v) is 3.70. The summed E-state index contributed by atoms with van der Waals surface area (Å²) in [6.07, 6.45) is 4.61. The van der Waals surface area contributed by atoms with Crippen LogP contribution in [0.3, 0.4) is 0 Å². The van der Waals surface area contributed by atoms with Gasteiger partial charge >= 0.3 is 0 Å². The molecule has 3 rings (SSSR count). The molecule has 0 radical (unpaired) electrons. The van der Waals surface area contributed by atoms with Gasteiger partial charge in [-0.3, -0.25) is 19.7 Å². The van der Waals surface area contributed by atoms with Gasteiger partial charge in [0.05, 0.1) is 19.0 Å². The highest BCUT2D eigenvalue weighted by Gasteiger charge is 2.31. The Morgan fingerprint density at radius 1 is 1.23 bits per heavy atom. The third-order valence-electron chi connectivity index (χ3n) is 5.34. The van der Waals surface area contributed by atoms with Crippen LogP contribution in [0.25, 0.3) is 0 Å². The van der Waals surface area contributed by atoms with Crippen molar-refractivity contribution in [3.05, 3.63) is 47.7 Å². The van der Waals surface area contributed by atoms with Crippen molar-refractivity contribution < 1.29 is 19.1 Å². The van der Waals surface area contributed by atoms with E-state index in [9.17, 15) is 14.4 Å². The maximum Gasteiger partial charge on any atom is 0.226 e. The lowest BCUT2D eigenvalue weighted by Crippen LogP contribution is -2.31. The van der Waals surface area contributed by atoms with Gasteiger partial charge in [0.15, 0.2) is 5.78 Å². The summed E-state index contributed by atoms with van der Waals surface area (Å²) in [6, 6.07) is 7.14. The summed E-state index contributed by atoms with van der Waals surface area (Å²) in [6.45, 7) is 7.64. The van der Waals surface area contributed by atoms with Crippen molar-refractivity contribution in [1.29, 1.82) is 0 Å². The highest BCUT2D eigenvalue weighted by Crippen LogP contribution is 2.24. The molecular formula is C24H31N3O4. The Hall–Kier alpha value is -2.93. The van der Waals surface area contributed by atoms with Crippen LogP contribution in [0, 0.1) is 5.92 Å². The quantitative estimate of drug-likeness (QED) is 0.592. The molecule has 1 unspecified atom stereocenters. The third kappa shape index (κ3) is 6.28. The van der Waals surface area contributed by atoms with E-state index in [2.05, 4.69) is 24.5 Å². The number of nitrogens with one attached hydrogen (secondary N) is 2. The number of ketones is 2. The van der Waals surface area contributed by atoms with Crippen molar-refractivity contribution in [2.75, 3.05) is 25.1 Å². The molecule has 31 heavy (non-hydrogen) atoms. The van der Waals surface area contributed by atoms with Crippen molar-refractivity contribution in [1.82, 2.24) is 10.2 Å². The van der Waals surface area contributed by atoms with E-state index < -0.39 is 0 Å². The minimum absolute atomic E-state index is 0.0819. The standard InChI is InChI=1S/C24H31N3O4/c1-4-31-21-9-7-18(8-10-21)26-23(29)12-19-14-27(15-25-19)22-13-20(28)11-17(24(22)30)6-5-16(2)3/h7-11,13,16,19,25H,4-6,12,14-15H2,1-3H3,(H,26,29). The summed E-state index contributed by atoms with van der Waals surface area (Å²) in [7, 11) is 0. The predicted octanol–water partition coefficient (Wildman–Crippen LogP) is 3.04. The molecular weight excluding hydrogens is 394 g/mol. The molecule has 1 atom stereocenters. The molecule has 1 fully saturated rings. The molecule has 1 saturated heterocycles. The van der Waals surface area contributed by atoms with Crippen LogP contribution in [0.1, 0.15) is 40.0 Å². The number of benzene rings is 1. The first-order valence-corrected chi connectivity index (χ1v) is 10.9. The van der Waals surface area contributed by atoms with Gasteiger partial charge in [0, 0.05) is 36.3 Å². The van der Waals surface area contributed by atoms with Gasteiger partial charge in [0.2, 0.25) is 11.7 Å². The summed E-state index contributed by atoms with van der Waals surface area (Å²) in [4.78, 5) is 39.3. The number of allylic oxidation sites excluding steroid dienone is 3. The number of nitrogens with zero attached hydrogens (tertiary/aromatic N) is 1. The Kier molecular flexibility index (Phi) is 7.63. The van der Waals surface area contributed by atoms with E-state index in [-0.39, 0.29) is 29.9 Å². The fraction of sp³-hybridized carbons (Fsp3) is 0.458. The zero-order valence-corrected chi connectivity index (χ0v) is 18.4. The van der Waals surface area contributed by atoms with Crippen molar-refractivity contribution in [2.45, 2.75) is 46.1 Å². The van der Waals surface area contributed by atoms with Crippen molar-refractivity contribution in [2.24, 2.45) is 5.92 Å². The van der Waals surface area contributed by atoms with Crippen molar-refractivity contribution in [3.8, 4) is 5.75 Å². The summed E-state index contributed by atoms with van der Waals surface area (Å²) < 4.78 is 5.40. The number of carbonyl (C=O) groups excluding carboxylic acids is 3. The van der Waals surface area contributed by atoms with Gasteiger partial charge in [-0.25, -0.2) is 0 Å². The lowest BCUT2D eigenvalue weighted by atomic mass is 9.93. The molecule has 1 aromatic carbocycles. The van der Waals surface area contributed by atoms with Gasteiger partial charge in [-0.15, -0.1) is 0 Å². The van der Waals surface area contributed by atoms with E-state index in [0.29, 0.717) is 49.1 Å². The SMILES string of the molecule is CCOc1ccc(NC(=O)CC2CN(C3=CC(=O)C=C(CCC(C)C)C3=O)CN2)cc1. The summed E-state index contributed by atoms with van der Waals surface area (Å²) >= 11 is 0. The average Bonchev–Trinajstić information content (AvgIpc) is 3.18. The Bertz CT molecular complexity index is 887. The Labute approximate surface area is 183 Å². The first-order chi connectivity index (χ1) is 14.9. The van der Waals surface area contributed by atoms with Crippen LogP contribution < -0.4 is 15.4 Å². The number of amides is 1. The molecule has 1 amide bonds. The van der Waals surface area contributed by atoms with E-state index in [4.69, 9.17) is 4.74 Å². The Morgan fingerprint density at radius 3 is 2.65 bits per heavy atom. The second-order valence-corrected chi connectivity index (χ2v) is 8.35. The van der Waals surface area contributed by atoms with Gasteiger partial charge in [-0.2, -0.15) is 0 Å². The van der Waals surface area contributed by atoms with Crippen LogP contribution in [-0.2, 0) is 14.4 Å².